The maximum atomic E-state index is 13.6. The van der Waals surface area contributed by atoms with Gasteiger partial charge in [-0.05, 0) is 52.5 Å². The van der Waals surface area contributed by atoms with Crippen LogP contribution in [0.25, 0.3) is 10.2 Å². The van der Waals surface area contributed by atoms with Crippen LogP contribution in [0, 0.1) is 5.82 Å². The lowest BCUT2D eigenvalue weighted by atomic mass is 10.2. The van der Waals surface area contributed by atoms with Gasteiger partial charge in [0.15, 0.2) is 0 Å². The predicted molar refractivity (Wildman–Crippen MR) is 104 cm³/mol. The number of carbonyl (C=O) groups is 1. The summed E-state index contributed by atoms with van der Waals surface area (Å²) in [6.07, 6.45) is 2.11. The zero-order valence-corrected chi connectivity index (χ0v) is 16.4. The van der Waals surface area contributed by atoms with E-state index in [1.54, 1.807) is 17.4 Å². The highest BCUT2D eigenvalue weighted by Crippen LogP contribution is 2.34. The van der Waals surface area contributed by atoms with Crippen molar-refractivity contribution < 1.29 is 13.9 Å². The second-order valence-corrected chi connectivity index (χ2v) is 8.15. The van der Waals surface area contributed by atoms with Gasteiger partial charge in [-0.25, -0.2) is 4.39 Å². The van der Waals surface area contributed by atoms with Crippen LogP contribution in [0.3, 0.4) is 0 Å². The summed E-state index contributed by atoms with van der Waals surface area (Å²) in [7, 11) is 0. The minimum absolute atomic E-state index is 0.0958. The number of amides is 1. The van der Waals surface area contributed by atoms with Crippen molar-refractivity contribution in [3.63, 3.8) is 0 Å². The minimum Gasteiger partial charge on any atom is -0.376 e. The van der Waals surface area contributed by atoms with E-state index in [9.17, 15) is 9.18 Å². The molecule has 1 fully saturated rings. The first kappa shape index (κ1) is 17.7. The molecule has 0 radical (unpaired) electrons. The van der Waals surface area contributed by atoms with Crippen molar-refractivity contribution in [1.29, 1.82) is 0 Å². The van der Waals surface area contributed by atoms with Crippen molar-refractivity contribution in [3.05, 3.63) is 57.3 Å². The number of benzene rings is 1. The van der Waals surface area contributed by atoms with Crippen molar-refractivity contribution in [2.75, 3.05) is 13.2 Å². The molecule has 0 aliphatic carbocycles. The Morgan fingerprint density at radius 2 is 2.31 bits per heavy atom. The average Bonchev–Trinajstić information content (AvgIpc) is 3.33. The van der Waals surface area contributed by atoms with Gasteiger partial charge in [-0.1, -0.05) is 12.1 Å². The summed E-state index contributed by atoms with van der Waals surface area (Å²) >= 11 is 5.14. The second kappa shape index (κ2) is 7.50. The summed E-state index contributed by atoms with van der Waals surface area (Å²) in [5.74, 6) is -0.410. The van der Waals surface area contributed by atoms with Gasteiger partial charge < -0.3 is 14.6 Å². The van der Waals surface area contributed by atoms with E-state index in [1.165, 1.54) is 12.1 Å². The molecule has 0 unspecified atom stereocenters. The third-order valence-corrected chi connectivity index (χ3v) is 6.38. The maximum absolute atomic E-state index is 13.6. The maximum Gasteiger partial charge on any atom is 0.268 e. The summed E-state index contributed by atoms with van der Waals surface area (Å²) in [4.78, 5) is 12.8. The molecule has 1 amide bonds. The van der Waals surface area contributed by atoms with Crippen LogP contribution in [0.1, 0.15) is 28.9 Å². The summed E-state index contributed by atoms with van der Waals surface area (Å²) in [6.45, 7) is 1.71. The number of fused-ring (bicyclic) bond motifs is 1. The smallest absolute Gasteiger partial charge is 0.268 e. The van der Waals surface area contributed by atoms with Crippen LogP contribution in [-0.4, -0.2) is 29.7 Å². The number of nitrogens with zero attached hydrogens (tertiary/aromatic N) is 1. The Balaban J connectivity index is 1.64. The topological polar surface area (TPSA) is 43.3 Å². The van der Waals surface area contributed by atoms with Crippen molar-refractivity contribution in [1.82, 2.24) is 9.88 Å². The first-order chi connectivity index (χ1) is 12.6. The summed E-state index contributed by atoms with van der Waals surface area (Å²) in [6, 6.07) is 8.37. The molecule has 7 heteroatoms. The Labute approximate surface area is 163 Å². The Kier molecular flexibility index (Phi) is 5.11. The van der Waals surface area contributed by atoms with Gasteiger partial charge in [-0.15, -0.1) is 11.3 Å². The zero-order valence-electron chi connectivity index (χ0n) is 14.0. The van der Waals surface area contributed by atoms with E-state index in [2.05, 4.69) is 21.2 Å². The molecule has 0 spiro atoms. The molecule has 3 aromatic rings. The van der Waals surface area contributed by atoms with Crippen molar-refractivity contribution in [2.24, 2.45) is 0 Å². The molecule has 1 aliphatic rings. The molecule has 4 nitrogen and oxygen atoms in total. The normalized spacial score (nSPS) is 17.1. The third kappa shape index (κ3) is 3.56. The van der Waals surface area contributed by atoms with Crippen molar-refractivity contribution in [2.45, 2.75) is 25.5 Å². The van der Waals surface area contributed by atoms with E-state index in [-0.39, 0.29) is 17.8 Å². The Morgan fingerprint density at radius 3 is 3.08 bits per heavy atom. The number of hydrogen-bond acceptors (Lipinski definition) is 3. The molecular weight excluding hydrogens is 419 g/mol. The molecule has 136 valence electrons. The van der Waals surface area contributed by atoms with Crippen LogP contribution in [0.2, 0.25) is 0 Å². The van der Waals surface area contributed by atoms with Crippen molar-refractivity contribution in [3.8, 4) is 0 Å². The highest BCUT2D eigenvalue weighted by Gasteiger charge is 2.21. The second-order valence-electron chi connectivity index (χ2n) is 6.39. The summed E-state index contributed by atoms with van der Waals surface area (Å²) in [5, 5.41) is 4.98. The number of carbonyl (C=O) groups excluding carboxylic acids is 1. The number of ether oxygens (including phenoxy) is 1. The van der Waals surface area contributed by atoms with E-state index in [0.717, 1.165) is 39.7 Å². The molecule has 1 aromatic carbocycles. The number of halogens is 2. The van der Waals surface area contributed by atoms with Gasteiger partial charge in [0.2, 0.25) is 0 Å². The first-order valence-electron chi connectivity index (χ1n) is 8.52. The zero-order chi connectivity index (χ0) is 18.1. The van der Waals surface area contributed by atoms with Gasteiger partial charge in [0, 0.05) is 25.1 Å². The lowest BCUT2D eigenvalue weighted by Gasteiger charge is -2.14. The fourth-order valence-corrected chi connectivity index (χ4v) is 5.00. The van der Waals surface area contributed by atoms with Gasteiger partial charge in [0.1, 0.15) is 11.5 Å². The van der Waals surface area contributed by atoms with Crippen LogP contribution in [-0.2, 0) is 11.3 Å². The van der Waals surface area contributed by atoms with Crippen LogP contribution < -0.4 is 5.32 Å². The van der Waals surface area contributed by atoms with Gasteiger partial charge in [-0.3, -0.25) is 4.79 Å². The SMILES string of the molecule is O=C(NC[C@H]1CCCO1)c1cc2scc(Br)c2n1Cc1cccc(F)c1. The molecule has 1 aliphatic heterocycles. The van der Waals surface area contributed by atoms with E-state index in [0.29, 0.717) is 18.8 Å². The van der Waals surface area contributed by atoms with Crippen LogP contribution in [0.5, 0.6) is 0 Å². The highest BCUT2D eigenvalue weighted by molar-refractivity contribution is 9.10. The minimum atomic E-state index is -0.278. The molecule has 0 saturated carbocycles. The van der Waals surface area contributed by atoms with Gasteiger partial charge in [-0.2, -0.15) is 0 Å². The summed E-state index contributed by atoms with van der Waals surface area (Å²) < 4.78 is 23.0. The lowest BCUT2D eigenvalue weighted by Crippen LogP contribution is -2.33. The molecule has 3 heterocycles. The van der Waals surface area contributed by atoms with E-state index in [4.69, 9.17) is 4.74 Å². The number of hydrogen-bond donors (Lipinski definition) is 1. The van der Waals surface area contributed by atoms with E-state index >= 15 is 0 Å². The fourth-order valence-electron chi connectivity index (χ4n) is 3.30. The van der Waals surface area contributed by atoms with Crippen LogP contribution in [0.15, 0.2) is 40.2 Å². The monoisotopic (exact) mass is 436 g/mol. The highest BCUT2D eigenvalue weighted by atomic mass is 79.9. The van der Waals surface area contributed by atoms with Gasteiger partial charge >= 0.3 is 0 Å². The number of thiophene rings is 1. The molecule has 1 N–H and O–H groups in total. The fraction of sp³-hybridized carbons (Fsp3) is 0.316. The number of rotatable bonds is 5. The quantitative estimate of drug-likeness (QED) is 0.636. The van der Waals surface area contributed by atoms with E-state index in [1.807, 2.05) is 22.1 Å². The Bertz CT molecular complexity index is 946. The largest absolute Gasteiger partial charge is 0.376 e. The number of nitrogens with one attached hydrogen (secondary N) is 1. The average molecular weight is 437 g/mol. The standard InChI is InChI=1S/C19H18BrFN2O2S/c20-15-11-26-17-8-16(19(24)22-9-14-5-2-6-25-14)23(18(15)17)10-12-3-1-4-13(21)7-12/h1,3-4,7-8,11,14H,2,5-6,9-10H2,(H,22,24)/t14-/m1/s1. The molecule has 1 saturated heterocycles. The Hall–Kier alpha value is -1.70. The van der Waals surface area contributed by atoms with Crippen LogP contribution >= 0.6 is 27.3 Å². The molecular formula is C19H18BrFN2O2S. The van der Waals surface area contributed by atoms with Crippen LogP contribution in [0.4, 0.5) is 4.39 Å². The number of aromatic nitrogens is 1. The molecule has 1 atom stereocenters. The molecule has 0 bridgehead atoms. The van der Waals surface area contributed by atoms with Gasteiger partial charge in [0.05, 0.1) is 20.8 Å². The lowest BCUT2D eigenvalue weighted by molar-refractivity contribution is 0.0851. The molecule has 4 rings (SSSR count). The molecule has 26 heavy (non-hydrogen) atoms. The first-order valence-corrected chi connectivity index (χ1v) is 10.2. The predicted octanol–water partition coefficient (Wildman–Crippen LogP) is 4.56. The summed E-state index contributed by atoms with van der Waals surface area (Å²) in [5.41, 5.74) is 2.35. The Morgan fingerprint density at radius 1 is 1.42 bits per heavy atom. The van der Waals surface area contributed by atoms with Crippen molar-refractivity contribution >= 4 is 43.4 Å². The third-order valence-electron chi connectivity index (χ3n) is 4.55. The molecule has 2 aromatic heterocycles. The van der Waals surface area contributed by atoms with Gasteiger partial charge in [0.25, 0.3) is 5.91 Å². The van der Waals surface area contributed by atoms with E-state index < -0.39 is 0 Å².